The lowest BCUT2D eigenvalue weighted by Crippen LogP contribution is -2.25. The Morgan fingerprint density at radius 1 is 1.29 bits per heavy atom. The molecule has 3 atom stereocenters. The summed E-state index contributed by atoms with van der Waals surface area (Å²) in [6.07, 6.45) is 2.86. The molecule has 2 aliphatic rings. The first-order valence-corrected chi connectivity index (χ1v) is 10.2. The zero-order valence-electron chi connectivity index (χ0n) is 16.7. The second-order valence-corrected chi connectivity index (χ2v) is 7.91. The molecule has 31 heavy (non-hydrogen) atoms. The number of aromatic nitrogens is 2. The number of alkyl halides is 1. The van der Waals surface area contributed by atoms with Crippen LogP contribution in [0.1, 0.15) is 34.9 Å². The van der Waals surface area contributed by atoms with Gasteiger partial charge < -0.3 is 20.1 Å². The molecule has 2 saturated heterocycles. The van der Waals surface area contributed by atoms with Gasteiger partial charge in [-0.25, -0.2) is 13.8 Å². The van der Waals surface area contributed by atoms with Gasteiger partial charge in [0.15, 0.2) is 0 Å². The molecular formula is C22H22F2N4O3. The lowest BCUT2D eigenvalue weighted by molar-refractivity contribution is 0.0994. The van der Waals surface area contributed by atoms with Crippen LogP contribution in [0.15, 0.2) is 42.7 Å². The number of rotatable bonds is 5. The van der Waals surface area contributed by atoms with Crippen molar-refractivity contribution in [1.29, 1.82) is 0 Å². The maximum atomic E-state index is 14.6. The van der Waals surface area contributed by atoms with Gasteiger partial charge in [0.25, 0.3) is 5.91 Å². The maximum absolute atomic E-state index is 14.6. The number of hydrogen-bond donors (Lipinski definition) is 1. The predicted octanol–water partition coefficient (Wildman–Crippen LogP) is 3.03. The van der Waals surface area contributed by atoms with E-state index in [0.717, 1.165) is 6.42 Å². The molecule has 7 nitrogen and oxygen atoms in total. The minimum absolute atomic E-state index is 0.110. The number of benzene rings is 1. The average molecular weight is 428 g/mol. The second-order valence-electron chi connectivity index (χ2n) is 7.91. The quantitative estimate of drug-likeness (QED) is 0.676. The normalized spacial score (nSPS) is 23.5. The van der Waals surface area contributed by atoms with Gasteiger partial charge in [-0.05, 0) is 30.3 Å². The second kappa shape index (κ2) is 7.81. The van der Waals surface area contributed by atoms with Crippen LogP contribution in [0.2, 0.25) is 0 Å². The minimum Gasteiger partial charge on any atom is -0.488 e. The fraction of sp³-hybridized carbons (Fsp3) is 0.364. The van der Waals surface area contributed by atoms with E-state index < -0.39 is 23.9 Å². The lowest BCUT2D eigenvalue weighted by atomic mass is 10.0. The number of fused-ring (bicyclic) bond motifs is 1. The van der Waals surface area contributed by atoms with Crippen LogP contribution in [-0.4, -0.2) is 47.3 Å². The molecule has 5 rings (SSSR count). The maximum Gasteiger partial charge on any atom is 0.267 e. The first-order chi connectivity index (χ1) is 15.0. The van der Waals surface area contributed by atoms with E-state index in [1.54, 1.807) is 22.7 Å². The summed E-state index contributed by atoms with van der Waals surface area (Å²) < 4.78 is 41.8. The number of hydrogen-bond acceptors (Lipinski definition) is 5. The van der Waals surface area contributed by atoms with Crippen molar-refractivity contribution < 1.29 is 23.0 Å². The third-order valence-corrected chi connectivity index (χ3v) is 5.84. The first kappa shape index (κ1) is 19.7. The molecule has 1 amide bonds. The molecule has 0 unspecified atom stereocenters. The molecule has 4 heterocycles. The van der Waals surface area contributed by atoms with Crippen LogP contribution < -0.4 is 15.4 Å². The van der Waals surface area contributed by atoms with E-state index in [0.29, 0.717) is 35.9 Å². The van der Waals surface area contributed by atoms with Crippen LogP contribution in [-0.2, 0) is 4.74 Å². The van der Waals surface area contributed by atoms with Crippen LogP contribution in [0.5, 0.6) is 5.75 Å². The SMILES string of the molecule is NC(=O)c1cnc2ccc(N3C[C@@H](F)C[C@@H]3c3cc(F)ccc3O[C@@H]3CCOC3)cn12. The molecule has 2 N–H and O–H groups in total. The van der Waals surface area contributed by atoms with Crippen LogP contribution in [0.25, 0.3) is 5.65 Å². The third kappa shape index (κ3) is 3.69. The Labute approximate surface area is 177 Å². The van der Waals surface area contributed by atoms with Crippen molar-refractivity contribution in [3.63, 3.8) is 0 Å². The number of primary amides is 1. The van der Waals surface area contributed by atoms with Crippen molar-refractivity contribution in [3.8, 4) is 5.75 Å². The Kier molecular flexibility index (Phi) is 4.97. The van der Waals surface area contributed by atoms with Crippen molar-refractivity contribution in [2.75, 3.05) is 24.7 Å². The van der Waals surface area contributed by atoms with Crippen molar-refractivity contribution >= 4 is 17.2 Å². The molecule has 0 bridgehead atoms. The highest BCUT2D eigenvalue weighted by Crippen LogP contribution is 2.41. The van der Waals surface area contributed by atoms with Gasteiger partial charge in [0.05, 0.1) is 31.1 Å². The summed E-state index contributed by atoms with van der Waals surface area (Å²) in [5.74, 6) is -0.485. The van der Waals surface area contributed by atoms with Gasteiger partial charge in [-0.15, -0.1) is 0 Å². The summed E-state index contributed by atoms with van der Waals surface area (Å²) in [6, 6.07) is 7.47. The Bertz CT molecular complexity index is 1130. The molecule has 0 saturated carbocycles. The van der Waals surface area contributed by atoms with E-state index in [2.05, 4.69) is 4.98 Å². The summed E-state index contributed by atoms with van der Waals surface area (Å²) in [5, 5.41) is 0. The van der Waals surface area contributed by atoms with Gasteiger partial charge in [-0.2, -0.15) is 0 Å². The summed E-state index contributed by atoms with van der Waals surface area (Å²) in [6.45, 7) is 1.24. The smallest absolute Gasteiger partial charge is 0.267 e. The van der Waals surface area contributed by atoms with Gasteiger partial charge in [-0.1, -0.05) is 0 Å². The molecular weight excluding hydrogens is 406 g/mol. The number of ether oxygens (including phenoxy) is 2. The van der Waals surface area contributed by atoms with Crippen molar-refractivity contribution in [1.82, 2.24) is 9.38 Å². The van der Waals surface area contributed by atoms with Crippen LogP contribution in [0.3, 0.4) is 0 Å². The number of pyridine rings is 1. The van der Waals surface area contributed by atoms with E-state index in [1.165, 1.54) is 18.3 Å². The van der Waals surface area contributed by atoms with Crippen molar-refractivity contribution in [2.45, 2.75) is 31.2 Å². The summed E-state index contributed by atoms with van der Waals surface area (Å²) in [7, 11) is 0. The van der Waals surface area contributed by atoms with E-state index in [-0.39, 0.29) is 24.8 Å². The van der Waals surface area contributed by atoms with Gasteiger partial charge >= 0.3 is 0 Å². The van der Waals surface area contributed by atoms with E-state index >= 15 is 0 Å². The van der Waals surface area contributed by atoms with Crippen LogP contribution >= 0.6 is 0 Å². The highest BCUT2D eigenvalue weighted by Gasteiger charge is 2.36. The monoisotopic (exact) mass is 428 g/mol. The highest BCUT2D eigenvalue weighted by molar-refractivity contribution is 5.91. The molecule has 0 spiro atoms. The first-order valence-electron chi connectivity index (χ1n) is 10.2. The number of anilines is 1. The number of amides is 1. The predicted molar refractivity (Wildman–Crippen MR) is 110 cm³/mol. The summed E-state index contributed by atoms with van der Waals surface area (Å²) in [4.78, 5) is 17.7. The molecule has 0 radical (unpaired) electrons. The lowest BCUT2D eigenvalue weighted by Gasteiger charge is -2.29. The number of nitrogens with zero attached hydrogens (tertiary/aromatic N) is 3. The standard InChI is InChI=1S/C22H22F2N4O3/c23-13-1-3-20(31-16-5-6-30-12-16)17(7-13)18-8-14(24)10-27(18)15-2-4-21-26-9-19(22(25)29)28(21)11-15/h1-4,7,9,11,14,16,18H,5-6,8,10,12H2,(H2,25,29)/t14-,16+,18+/m0/s1. The topological polar surface area (TPSA) is 82.1 Å². The zero-order chi connectivity index (χ0) is 21.5. The Balaban J connectivity index is 1.53. The Morgan fingerprint density at radius 3 is 2.94 bits per heavy atom. The number of halogens is 2. The molecule has 2 aromatic heterocycles. The van der Waals surface area contributed by atoms with Crippen LogP contribution in [0, 0.1) is 5.82 Å². The van der Waals surface area contributed by atoms with Gasteiger partial charge in [0.1, 0.15) is 35.2 Å². The highest BCUT2D eigenvalue weighted by atomic mass is 19.1. The number of carbonyl (C=O) groups is 1. The Hall–Kier alpha value is -3.20. The van der Waals surface area contributed by atoms with Gasteiger partial charge in [0.2, 0.25) is 0 Å². The van der Waals surface area contributed by atoms with Gasteiger partial charge in [0, 0.05) is 31.1 Å². The van der Waals surface area contributed by atoms with Crippen molar-refractivity contribution in [2.24, 2.45) is 5.73 Å². The van der Waals surface area contributed by atoms with Gasteiger partial charge in [-0.3, -0.25) is 9.20 Å². The molecule has 0 aliphatic carbocycles. The van der Waals surface area contributed by atoms with E-state index in [1.807, 2.05) is 11.0 Å². The fourth-order valence-electron chi connectivity index (χ4n) is 4.36. The number of carbonyl (C=O) groups excluding carboxylic acids is 1. The molecule has 9 heteroatoms. The average Bonchev–Trinajstić information content (AvgIpc) is 3.48. The van der Waals surface area contributed by atoms with E-state index in [9.17, 15) is 13.6 Å². The molecule has 2 aliphatic heterocycles. The number of imidazole rings is 1. The Morgan fingerprint density at radius 2 is 2.16 bits per heavy atom. The summed E-state index contributed by atoms with van der Waals surface area (Å²) >= 11 is 0. The fourth-order valence-corrected chi connectivity index (χ4v) is 4.36. The number of nitrogens with two attached hydrogens (primary N) is 1. The molecule has 1 aromatic carbocycles. The molecule has 2 fully saturated rings. The van der Waals surface area contributed by atoms with E-state index in [4.69, 9.17) is 15.2 Å². The minimum atomic E-state index is -1.09. The van der Waals surface area contributed by atoms with Crippen molar-refractivity contribution in [3.05, 3.63) is 59.8 Å². The zero-order valence-corrected chi connectivity index (χ0v) is 16.7. The summed E-state index contributed by atoms with van der Waals surface area (Å²) in [5.41, 5.74) is 7.50. The molecule has 3 aromatic rings. The largest absolute Gasteiger partial charge is 0.488 e. The van der Waals surface area contributed by atoms with Crippen LogP contribution in [0.4, 0.5) is 14.5 Å². The third-order valence-electron chi connectivity index (χ3n) is 5.84. The molecule has 162 valence electrons.